The predicted molar refractivity (Wildman–Crippen MR) is 111 cm³/mol. The van der Waals surface area contributed by atoms with Gasteiger partial charge in [-0.15, -0.1) is 11.8 Å². The van der Waals surface area contributed by atoms with Crippen molar-refractivity contribution in [1.29, 1.82) is 0 Å². The first kappa shape index (κ1) is 19.3. The van der Waals surface area contributed by atoms with Crippen molar-refractivity contribution in [3.8, 4) is 5.75 Å². The summed E-state index contributed by atoms with van der Waals surface area (Å²) in [5.41, 5.74) is 0.299. The Morgan fingerprint density at radius 2 is 1.85 bits per heavy atom. The molecular formula is C22H22O4S. The van der Waals surface area contributed by atoms with E-state index in [9.17, 15) is 9.90 Å². The number of thioether (sulfide) groups is 1. The summed E-state index contributed by atoms with van der Waals surface area (Å²) in [6.45, 7) is 4.98. The molecule has 0 spiro atoms. The molecule has 3 aromatic carbocycles. The number of fused-ring (bicyclic) bond motifs is 2. The summed E-state index contributed by atoms with van der Waals surface area (Å²) in [5, 5.41) is 14.2. The Hall–Kier alpha value is -2.50. The molecule has 0 heterocycles. The van der Waals surface area contributed by atoms with E-state index in [2.05, 4.69) is 24.8 Å². The SMILES string of the molecule is C=C(C)C(=O)OCC(O)COc1c2ccccc2cc2cc(SC)ccc12. The van der Waals surface area contributed by atoms with Gasteiger partial charge in [0.1, 0.15) is 25.1 Å². The summed E-state index contributed by atoms with van der Waals surface area (Å²) < 4.78 is 11.0. The van der Waals surface area contributed by atoms with Crippen LogP contribution >= 0.6 is 11.8 Å². The maximum Gasteiger partial charge on any atom is 0.333 e. The van der Waals surface area contributed by atoms with Gasteiger partial charge in [-0.25, -0.2) is 4.79 Å². The molecule has 0 aliphatic heterocycles. The molecule has 3 rings (SSSR count). The Labute approximate surface area is 162 Å². The molecule has 0 fully saturated rings. The number of benzene rings is 3. The minimum atomic E-state index is -0.923. The number of hydrogen-bond donors (Lipinski definition) is 1. The lowest BCUT2D eigenvalue weighted by molar-refractivity contribution is -0.142. The monoisotopic (exact) mass is 382 g/mol. The molecule has 1 atom stereocenters. The van der Waals surface area contributed by atoms with Gasteiger partial charge in [0.25, 0.3) is 0 Å². The van der Waals surface area contributed by atoms with Crippen molar-refractivity contribution in [3.05, 3.63) is 60.7 Å². The summed E-state index contributed by atoms with van der Waals surface area (Å²) in [5.74, 6) is 0.204. The summed E-state index contributed by atoms with van der Waals surface area (Å²) in [6.07, 6.45) is 1.12. The van der Waals surface area contributed by atoms with Crippen molar-refractivity contribution in [2.75, 3.05) is 19.5 Å². The van der Waals surface area contributed by atoms with E-state index in [1.54, 1.807) is 18.7 Å². The highest BCUT2D eigenvalue weighted by molar-refractivity contribution is 7.98. The van der Waals surface area contributed by atoms with E-state index in [4.69, 9.17) is 9.47 Å². The smallest absolute Gasteiger partial charge is 0.333 e. The number of aliphatic hydroxyl groups excluding tert-OH is 1. The quantitative estimate of drug-likeness (QED) is 0.281. The molecule has 0 aliphatic carbocycles. The second kappa shape index (κ2) is 8.46. The van der Waals surface area contributed by atoms with Gasteiger partial charge in [-0.2, -0.15) is 0 Å². The highest BCUT2D eigenvalue weighted by atomic mass is 32.2. The first-order valence-corrected chi connectivity index (χ1v) is 9.85. The first-order valence-electron chi connectivity index (χ1n) is 8.62. The van der Waals surface area contributed by atoms with Gasteiger partial charge in [0.2, 0.25) is 0 Å². The van der Waals surface area contributed by atoms with Gasteiger partial charge in [0.15, 0.2) is 0 Å². The van der Waals surface area contributed by atoms with E-state index in [0.717, 1.165) is 27.3 Å². The third kappa shape index (κ3) is 4.43. The van der Waals surface area contributed by atoms with E-state index < -0.39 is 12.1 Å². The fourth-order valence-corrected chi connectivity index (χ4v) is 3.26. The number of esters is 1. The van der Waals surface area contributed by atoms with E-state index in [0.29, 0.717) is 5.57 Å². The Balaban J connectivity index is 1.87. The zero-order valence-corrected chi connectivity index (χ0v) is 16.2. The Bertz CT molecular complexity index is 996. The molecule has 3 aromatic rings. The Morgan fingerprint density at radius 3 is 2.59 bits per heavy atom. The van der Waals surface area contributed by atoms with Gasteiger partial charge in [0, 0.05) is 21.2 Å². The molecule has 27 heavy (non-hydrogen) atoms. The average molecular weight is 382 g/mol. The van der Waals surface area contributed by atoms with Crippen LogP contribution in [-0.2, 0) is 9.53 Å². The van der Waals surface area contributed by atoms with Crippen LogP contribution in [0.5, 0.6) is 5.75 Å². The van der Waals surface area contributed by atoms with E-state index in [-0.39, 0.29) is 13.2 Å². The number of aliphatic hydroxyl groups is 1. The van der Waals surface area contributed by atoms with Crippen molar-refractivity contribution >= 4 is 39.3 Å². The van der Waals surface area contributed by atoms with Crippen LogP contribution in [0.25, 0.3) is 21.5 Å². The lowest BCUT2D eigenvalue weighted by atomic mass is 10.0. The predicted octanol–water partition coefficient (Wildman–Crippen LogP) is 4.57. The van der Waals surface area contributed by atoms with Crippen molar-refractivity contribution in [2.24, 2.45) is 0 Å². The van der Waals surface area contributed by atoms with Crippen molar-refractivity contribution < 1.29 is 19.4 Å². The third-order valence-corrected chi connectivity index (χ3v) is 4.92. The topological polar surface area (TPSA) is 55.8 Å². The third-order valence-electron chi connectivity index (χ3n) is 4.20. The minimum absolute atomic E-state index is 0.0247. The Kier molecular flexibility index (Phi) is 6.04. The molecule has 0 amide bonds. The zero-order chi connectivity index (χ0) is 19.4. The molecule has 0 radical (unpaired) electrons. The fraction of sp³-hybridized carbons (Fsp3) is 0.227. The molecule has 1 unspecified atom stereocenters. The molecule has 140 valence electrons. The van der Waals surface area contributed by atoms with Gasteiger partial charge < -0.3 is 14.6 Å². The lowest BCUT2D eigenvalue weighted by Gasteiger charge is -2.16. The van der Waals surface area contributed by atoms with Crippen LogP contribution in [0.15, 0.2) is 65.6 Å². The van der Waals surface area contributed by atoms with Crippen molar-refractivity contribution in [2.45, 2.75) is 17.9 Å². The normalized spacial score (nSPS) is 12.1. The number of hydrogen-bond acceptors (Lipinski definition) is 5. The standard InChI is InChI=1S/C22H22O4S/c1-14(2)22(24)26-13-17(23)12-25-21-19-7-5-4-6-15(19)10-16-11-18(27-3)8-9-20(16)21/h4-11,17,23H,1,12-13H2,2-3H3. The largest absolute Gasteiger partial charge is 0.489 e. The number of ether oxygens (including phenoxy) is 2. The van der Waals surface area contributed by atoms with Gasteiger partial charge in [-0.3, -0.25) is 0 Å². The van der Waals surface area contributed by atoms with Crippen LogP contribution in [0.4, 0.5) is 0 Å². The maximum atomic E-state index is 11.5. The molecule has 0 aromatic heterocycles. The van der Waals surface area contributed by atoms with Crippen LogP contribution < -0.4 is 4.74 Å². The highest BCUT2D eigenvalue weighted by Crippen LogP contribution is 2.36. The maximum absolute atomic E-state index is 11.5. The van der Waals surface area contributed by atoms with Gasteiger partial charge in [0.05, 0.1) is 0 Å². The molecule has 0 bridgehead atoms. The summed E-state index contributed by atoms with van der Waals surface area (Å²) in [4.78, 5) is 12.6. The minimum Gasteiger partial charge on any atom is -0.489 e. The highest BCUT2D eigenvalue weighted by Gasteiger charge is 2.14. The molecule has 5 heteroatoms. The van der Waals surface area contributed by atoms with Crippen molar-refractivity contribution in [3.63, 3.8) is 0 Å². The molecule has 0 saturated heterocycles. The van der Waals surface area contributed by atoms with Gasteiger partial charge in [-0.05, 0) is 48.2 Å². The van der Waals surface area contributed by atoms with Crippen LogP contribution in [0.2, 0.25) is 0 Å². The Morgan fingerprint density at radius 1 is 1.11 bits per heavy atom. The molecule has 0 aliphatic rings. The van der Waals surface area contributed by atoms with E-state index in [1.807, 2.05) is 36.6 Å². The van der Waals surface area contributed by atoms with Crippen LogP contribution in [0.1, 0.15) is 6.92 Å². The second-order valence-electron chi connectivity index (χ2n) is 6.36. The summed E-state index contributed by atoms with van der Waals surface area (Å²) in [7, 11) is 0. The van der Waals surface area contributed by atoms with Gasteiger partial charge >= 0.3 is 5.97 Å². The molecule has 0 saturated carbocycles. The van der Waals surface area contributed by atoms with E-state index in [1.165, 1.54) is 4.90 Å². The molecule has 1 N–H and O–H groups in total. The van der Waals surface area contributed by atoms with Gasteiger partial charge in [-0.1, -0.05) is 30.8 Å². The number of rotatable bonds is 7. The van der Waals surface area contributed by atoms with Crippen molar-refractivity contribution in [1.82, 2.24) is 0 Å². The average Bonchev–Trinajstić information content (AvgIpc) is 2.68. The number of carbonyl (C=O) groups is 1. The summed E-state index contributed by atoms with van der Waals surface area (Å²) in [6, 6.07) is 16.4. The first-order chi connectivity index (χ1) is 13.0. The van der Waals surface area contributed by atoms with Crippen LogP contribution in [0, 0.1) is 0 Å². The fourth-order valence-electron chi connectivity index (χ4n) is 2.81. The number of carbonyl (C=O) groups excluding carboxylic acids is 1. The molecular weight excluding hydrogens is 360 g/mol. The lowest BCUT2D eigenvalue weighted by Crippen LogP contribution is -2.25. The molecule has 4 nitrogen and oxygen atoms in total. The van der Waals surface area contributed by atoms with Crippen LogP contribution in [-0.4, -0.2) is 36.6 Å². The zero-order valence-electron chi connectivity index (χ0n) is 15.4. The second-order valence-corrected chi connectivity index (χ2v) is 7.24. The summed E-state index contributed by atoms with van der Waals surface area (Å²) >= 11 is 1.69. The van der Waals surface area contributed by atoms with Crippen LogP contribution in [0.3, 0.4) is 0 Å². The van der Waals surface area contributed by atoms with E-state index >= 15 is 0 Å².